The molecule has 0 aromatic carbocycles. The van der Waals surface area contributed by atoms with Crippen molar-refractivity contribution in [2.75, 3.05) is 0 Å². The summed E-state index contributed by atoms with van der Waals surface area (Å²) < 4.78 is 0. The fourth-order valence-corrected chi connectivity index (χ4v) is 2.34. The quantitative estimate of drug-likeness (QED) is 0.733. The first kappa shape index (κ1) is 9.65. The fraction of sp³-hybridized carbons (Fsp3) is 0.800. The van der Waals surface area contributed by atoms with Crippen LogP contribution in [-0.4, -0.2) is 20.1 Å². The molecule has 4 nitrogen and oxygen atoms in total. The van der Waals surface area contributed by atoms with Gasteiger partial charge in [0.2, 0.25) is 0 Å². The van der Waals surface area contributed by atoms with Crippen LogP contribution in [0, 0.1) is 5.41 Å². The van der Waals surface area contributed by atoms with Crippen LogP contribution in [0.2, 0.25) is 0 Å². The van der Waals surface area contributed by atoms with Crippen LogP contribution in [0.3, 0.4) is 0 Å². The van der Waals surface area contributed by atoms with Crippen LogP contribution in [0.4, 0.5) is 0 Å². The Morgan fingerprint density at radius 3 is 2.57 bits per heavy atom. The van der Waals surface area contributed by atoms with E-state index >= 15 is 0 Å². The molecule has 1 aromatic rings. The largest absolute Gasteiger partial charge is 0.383 e. The van der Waals surface area contributed by atoms with Crippen molar-refractivity contribution in [2.45, 2.75) is 38.7 Å². The number of rotatable bonds is 1. The molecule has 4 heteroatoms. The van der Waals surface area contributed by atoms with E-state index < -0.39 is 5.60 Å². The Balaban J connectivity index is 2.41. The lowest BCUT2D eigenvalue weighted by Crippen LogP contribution is -2.37. The zero-order chi connectivity index (χ0) is 10.4. The number of aliphatic hydroxyl groups is 1. The summed E-state index contributed by atoms with van der Waals surface area (Å²) in [5.74, 6) is 0. The third kappa shape index (κ3) is 1.17. The highest BCUT2D eigenvalue weighted by molar-refractivity contribution is 5.14. The van der Waals surface area contributed by atoms with E-state index in [2.05, 4.69) is 24.0 Å². The van der Waals surface area contributed by atoms with Crippen molar-refractivity contribution in [3.05, 3.63) is 11.9 Å². The van der Waals surface area contributed by atoms with E-state index in [9.17, 15) is 5.11 Å². The molecule has 0 saturated heterocycles. The van der Waals surface area contributed by atoms with Crippen molar-refractivity contribution in [1.82, 2.24) is 15.0 Å². The average Bonchev–Trinajstić information content (AvgIpc) is 2.60. The van der Waals surface area contributed by atoms with Crippen molar-refractivity contribution < 1.29 is 5.11 Å². The predicted octanol–water partition coefficient (Wildman–Crippen LogP) is 1.21. The van der Waals surface area contributed by atoms with E-state index in [1.807, 2.05) is 0 Å². The molecule has 0 bridgehead atoms. The number of aryl methyl sites for hydroxylation is 1. The van der Waals surface area contributed by atoms with Crippen molar-refractivity contribution in [1.29, 1.82) is 0 Å². The van der Waals surface area contributed by atoms with Gasteiger partial charge in [-0.25, -0.2) is 0 Å². The number of hydrogen-bond acceptors (Lipinski definition) is 3. The number of hydrogen-bond donors (Lipinski definition) is 1. The van der Waals surface area contributed by atoms with Crippen molar-refractivity contribution in [3.8, 4) is 0 Å². The molecule has 0 amide bonds. The third-order valence-corrected chi connectivity index (χ3v) is 3.48. The van der Waals surface area contributed by atoms with Crippen molar-refractivity contribution >= 4 is 0 Å². The monoisotopic (exact) mass is 195 g/mol. The molecule has 1 fully saturated rings. The lowest BCUT2D eigenvalue weighted by molar-refractivity contribution is -0.0525. The highest BCUT2D eigenvalue weighted by Crippen LogP contribution is 2.51. The Kier molecular flexibility index (Phi) is 1.93. The molecule has 1 N–H and O–H groups in total. The van der Waals surface area contributed by atoms with Gasteiger partial charge in [-0.2, -0.15) is 15.0 Å². The summed E-state index contributed by atoms with van der Waals surface area (Å²) in [5, 5.41) is 18.8. The van der Waals surface area contributed by atoms with E-state index in [0.29, 0.717) is 5.69 Å². The Bertz CT molecular complexity index is 345. The van der Waals surface area contributed by atoms with Crippen molar-refractivity contribution in [2.24, 2.45) is 12.5 Å². The van der Waals surface area contributed by atoms with E-state index in [4.69, 9.17) is 0 Å². The smallest absolute Gasteiger partial charge is 0.115 e. The van der Waals surface area contributed by atoms with Gasteiger partial charge in [0, 0.05) is 7.05 Å². The first-order valence-corrected chi connectivity index (χ1v) is 5.05. The van der Waals surface area contributed by atoms with Crippen LogP contribution >= 0.6 is 0 Å². The van der Waals surface area contributed by atoms with Gasteiger partial charge >= 0.3 is 0 Å². The number of nitrogens with zero attached hydrogens (tertiary/aromatic N) is 3. The molecule has 2 rings (SSSR count). The molecule has 0 radical (unpaired) electrons. The summed E-state index contributed by atoms with van der Waals surface area (Å²) in [6.07, 6.45) is 4.56. The maximum Gasteiger partial charge on any atom is 0.115 e. The molecule has 1 aromatic heterocycles. The van der Waals surface area contributed by atoms with Gasteiger partial charge in [-0.15, -0.1) is 0 Å². The molecule has 0 spiro atoms. The van der Waals surface area contributed by atoms with Crippen LogP contribution in [-0.2, 0) is 12.6 Å². The average molecular weight is 195 g/mol. The Morgan fingerprint density at radius 1 is 1.43 bits per heavy atom. The summed E-state index contributed by atoms with van der Waals surface area (Å²) in [4.78, 5) is 1.50. The van der Waals surface area contributed by atoms with Crippen LogP contribution in [0.15, 0.2) is 6.20 Å². The van der Waals surface area contributed by atoms with Crippen molar-refractivity contribution in [3.63, 3.8) is 0 Å². The second-order valence-corrected chi connectivity index (χ2v) is 4.82. The topological polar surface area (TPSA) is 50.9 Å². The Labute approximate surface area is 83.9 Å². The van der Waals surface area contributed by atoms with Gasteiger partial charge in [-0.3, -0.25) is 0 Å². The van der Waals surface area contributed by atoms with E-state index in [0.717, 1.165) is 19.3 Å². The maximum atomic E-state index is 10.6. The fourth-order valence-electron chi connectivity index (χ4n) is 2.34. The highest BCUT2D eigenvalue weighted by Gasteiger charge is 2.50. The van der Waals surface area contributed by atoms with Crippen LogP contribution in [0.1, 0.15) is 38.8 Å². The minimum Gasteiger partial charge on any atom is -0.383 e. The first-order chi connectivity index (χ1) is 6.46. The SMILES string of the molecule is Cn1ncc(C2(O)CCCC2(C)C)n1. The molecule has 1 atom stereocenters. The standard InChI is InChI=1S/C10H17N3O/c1-9(2)5-4-6-10(9,14)8-7-11-13(3)12-8/h7,14H,4-6H2,1-3H3. The minimum absolute atomic E-state index is 0.0942. The predicted molar refractivity (Wildman–Crippen MR) is 52.5 cm³/mol. The van der Waals surface area contributed by atoms with Crippen LogP contribution in [0.25, 0.3) is 0 Å². The normalized spacial score (nSPS) is 30.9. The molecule has 0 aliphatic heterocycles. The van der Waals surface area contributed by atoms with Gasteiger partial charge in [0.15, 0.2) is 0 Å². The summed E-state index contributed by atoms with van der Waals surface area (Å²) >= 11 is 0. The first-order valence-electron chi connectivity index (χ1n) is 5.05. The summed E-state index contributed by atoms with van der Waals surface area (Å²) in [7, 11) is 1.77. The van der Waals surface area contributed by atoms with Crippen LogP contribution in [0.5, 0.6) is 0 Å². The van der Waals surface area contributed by atoms with E-state index in [1.54, 1.807) is 13.2 Å². The zero-order valence-corrected chi connectivity index (χ0v) is 8.99. The molecule has 1 heterocycles. The Hall–Kier alpha value is -0.900. The minimum atomic E-state index is -0.790. The van der Waals surface area contributed by atoms with Gasteiger partial charge in [0.25, 0.3) is 0 Å². The molecule has 1 unspecified atom stereocenters. The molecule has 1 aliphatic rings. The molecule has 1 aliphatic carbocycles. The maximum absolute atomic E-state index is 10.6. The van der Waals surface area contributed by atoms with Gasteiger partial charge in [0.1, 0.15) is 11.3 Å². The molecular weight excluding hydrogens is 178 g/mol. The lowest BCUT2D eigenvalue weighted by atomic mass is 9.76. The van der Waals surface area contributed by atoms with Gasteiger partial charge in [-0.1, -0.05) is 13.8 Å². The molecule has 1 saturated carbocycles. The highest BCUT2D eigenvalue weighted by atomic mass is 16.3. The van der Waals surface area contributed by atoms with Gasteiger partial charge in [-0.05, 0) is 24.7 Å². The summed E-state index contributed by atoms with van der Waals surface area (Å²) in [6, 6.07) is 0. The van der Waals surface area contributed by atoms with Gasteiger partial charge < -0.3 is 5.11 Å². The second-order valence-electron chi connectivity index (χ2n) is 4.82. The van der Waals surface area contributed by atoms with E-state index in [1.165, 1.54) is 4.80 Å². The lowest BCUT2D eigenvalue weighted by Gasteiger charge is -2.34. The zero-order valence-electron chi connectivity index (χ0n) is 8.99. The summed E-state index contributed by atoms with van der Waals surface area (Å²) in [5.41, 5.74) is -0.174. The van der Waals surface area contributed by atoms with Crippen LogP contribution < -0.4 is 0 Å². The molecule has 14 heavy (non-hydrogen) atoms. The molecular formula is C10H17N3O. The van der Waals surface area contributed by atoms with Gasteiger partial charge in [0.05, 0.1) is 6.20 Å². The Morgan fingerprint density at radius 2 is 2.14 bits per heavy atom. The van der Waals surface area contributed by atoms with E-state index in [-0.39, 0.29) is 5.41 Å². The third-order valence-electron chi connectivity index (χ3n) is 3.48. The second kappa shape index (κ2) is 2.79. The molecule has 78 valence electrons. The number of aromatic nitrogens is 3. The summed E-state index contributed by atoms with van der Waals surface area (Å²) in [6.45, 7) is 4.18.